The van der Waals surface area contributed by atoms with Crippen molar-refractivity contribution in [1.29, 1.82) is 0 Å². The predicted octanol–water partition coefficient (Wildman–Crippen LogP) is 1.92. The van der Waals surface area contributed by atoms with E-state index in [9.17, 15) is 9.59 Å². The standard InChI is InChI=1S/C13H15BrN2O5/c1-3-20-12(17)11(13(18)21-8-14)16-15-9-4-6-10(19-2)7-5-9/h4-7,15H,3,8H2,1-2H3. The van der Waals surface area contributed by atoms with E-state index in [0.29, 0.717) is 11.4 Å². The first kappa shape index (κ1) is 17.0. The molecule has 8 heteroatoms. The largest absolute Gasteiger partial charge is 0.497 e. The van der Waals surface area contributed by atoms with Crippen LogP contribution >= 0.6 is 15.9 Å². The number of nitrogens with one attached hydrogen (secondary N) is 1. The number of carbonyl (C=O) groups excluding carboxylic acids is 2. The highest BCUT2D eigenvalue weighted by Crippen LogP contribution is 2.14. The van der Waals surface area contributed by atoms with Crippen molar-refractivity contribution in [2.24, 2.45) is 5.10 Å². The van der Waals surface area contributed by atoms with Crippen LogP contribution in [0.4, 0.5) is 5.69 Å². The van der Waals surface area contributed by atoms with E-state index in [1.165, 1.54) is 0 Å². The highest BCUT2D eigenvalue weighted by atomic mass is 79.9. The van der Waals surface area contributed by atoms with Crippen molar-refractivity contribution in [3.05, 3.63) is 24.3 Å². The Morgan fingerprint density at radius 2 is 1.81 bits per heavy atom. The first-order valence-electron chi connectivity index (χ1n) is 6.00. The van der Waals surface area contributed by atoms with Crippen LogP contribution in [0.3, 0.4) is 0 Å². The molecule has 0 aliphatic heterocycles. The lowest BCUT2D eigenvalue weighted by Crippen LogP contribution is -2.29. The first-order chi connectivity index (χ1) is 10.1. The number of methoxy groups -OCH3 is 1. The lowest BCUT2D eigenvalue weighted by molar-refractivity contribution is -0.139. The number of ether oxygens (including phenoxy) is 3. The summed E-state index contributed by atoms with van der Waals surface area (Å²) in [6, 6.07) is 6.78. The monoisotopic (exact) mass is 358 g/mol. The SMILES string of the molecule is CCOC(=O)C(=NNc1ccc(OC)cc1)C(=O)OCBr. The maximum Gasteiger partial charge on any atom is 0.367 e. The molecule has 1 rings (SSSR count). The Hall–Kier alpha value is -2.09. The molecule has 114 valence electrons. The molecule has 0 aliphatic carbocycles. The van der Waals surface area contributed by atoms with Crippen molar-refractivity contribution in [2.75, 3.05) is 24.7 Å². The molecule has 1 aromatic carbocycles. The Bertz CT molecular complexity index is 496. The lowest BCUT2D eigenvalue weighted by atomic mass is 10.3. The summed E-state index contributed by atoms with van der Waals surface area (Å²) >= 11 is 2.93. The second-order valence-electron chi connectivity index (χ2n) is 3.56. The number of hydrogen-bond donors (Lipinski definition) is 1. The van der Waals surface area contributed by atoms with Crippen LogP contribution in [0, 0.1) is 0 Å². The Morgan fingerprint density at radius 3 is 2.33 bits per heavy atom. The first-order valence-corrected chi connectivity index (χ1v) is 7.12. The molecule has 7 nitrogen and oxygen atoms in total. The van der Waals surface area contributed by atoms with E-state index in [1.54, 1.807) is 38.3 Å². The van der Waals surface area contributed by atoms with E-state index >= 15 is 0 Å². The number of rotatable bonds is 7. The van der Waals surface area contributed by atoms with Gasteiger partial charge in [-0.3, -0.25) is 5.43 Å². The van der Waals surface area contributed by atoms with Gasteiger partial charge in [-0.1, -0.05) is 0 Å². The summed E-state index contributed by atoms with van der Waals surface area (Å²) in [6.45, 7) is 1.75. The van der Waals surface area contributed by atoms with Gasteiger partial charge < -0.3 is 14.2 Å². The third-order valence-electron chi connectivity index (χ3n) is 2.23. The van der Waals surface area contributed by atoms with Crippen LogP contribution in [0.15, 0.2) is 29.4 Å². The molecule has 1 N–H and O–H groups in total. The molecule has 0 unspecified atom stereocenters. The van der Waals surface area contributed by atoms with Gasteiger partial charge in [0.15, 0.2) is 0 Å². The Labute approximate surface area is 130 Å². The molecular formula is C13H15BrN2O5. The Balaban J connectivity index is 2.85. The van der Waals surface area contributed by atoms with Crippen molar-refractivity contribution in [1.82, 2.24) is 0 Å². The van der Waals surface area contributed by atoms with E-state index in [2.05, 4.69) is 31.2 Å². The van der Waals surface area contributed by atoms with Crippen LogP contribution in [0.1, 0.15) is 6.92 Å². The van der Waals surface area contributed by atoms with Gasteiger partial charge in [0.1, 0.15) is 11.3 Å². The summed E-state index contributed by atoms with van der Waals surface area (Å²) in [5.41, 5.74) is 2.65. The van der Waals surface area contributed by atoms with Gasteiger partial charge in [0.05, 0.1) is 19.4 Å². The summed E-state index contributed by atoms with van der Waals surface area (Å²) in [5.74, 6) is -1.07. The number of halogens is 1. The molecule has 0 fully saturated rings. The van der Waals surface area contributed by atoms with Crippen LogP contribution in [-0.4, -0.2) is 36.9 Å². The molecule has 21 heavy (non-hydrogen) atoms. The van der Waals surface area contributed by atoms with Gasteiger partial charge in [0, 0.05) is 0 Å². The number of alkyl halides is 1. The molecule has 0 amide bonds. The predicted molar refractivity (Wildman–Crippen MR) is 80.6 cm³/mol. The van der Waals surface area contributed by atoms with Crippen LogP contribution in [-0.2, 0) is 19.1 Å². The van der Waals surface area contributed by atoms with E-state index < -0.39 is 17.7 Å². The smallest absolute Gasteiger partial charge is 0.367 e. The third kappa shape index (κ3) is 5.42. The van der Waals surface area contributed by atoms with Crippen molar-refractivity contribution < 1.29 is 23.8 Å². The quantitative estimate of drug-likeness (QED) is 0.263. The van der Waals surface area contributed by atoms with E-state index in [0.717, 1.165) is 0 Å². The van der Waals surface area contributed by atoms with E-state index in [-0.39, 0.29) is 12.1 Å². The fraction of sp³-hybridized carbons (Fsp3) is 0.308. The van der Waals surface area contributed by atoms with Crippen LogP contribution in [0.5, 0.6) is 5.75 Å². The number of anilines is 1. The van der Waals surface area contributed by atoms with Crippen molar-refractivity contribution >= 4 is 39.3 Å². The molecule has 0 spiro atoms. The minimum atomic E-state index is -0.883. The molecule has 0 saturated carbocycles. The van der Waals surface area contributed by atoms with Gasteiger partial charge >= 0.3 is 11.9 Å². The van der Waals surface area contributed by atoms with Gasteiger partial charge in [-0.25, -0.2) is 9.59 Å². The zero-order chi connectivity index (χ0) is 15.7. The van der Waals surface area contributed by atoms with E-state index in [4.69, 9.17) is 9.47 Å². The number of benzene rings is 1. The minimum absolute atomic E-state index is 0.0488. The maximum atomic E-state index is 11.7. The number of hydrogen-bond acceptors (Lipinski definition) is 7. The summed E-state index contributed by atoms with van der Waals surface area (Å²) in [7, 11) is 1.55. The molecule has 0 aromatic heterocycles. The fourth-order valence-electron chi connectivity index (χ4n) is 1.28. The van der Waals surface area contributed by atoms with Gasteiger partial charge in [0.25, 0.3) is 5.71 Å². The molecule has 0 heterocycles. The Kier molecular flexibility index (Phi) is 7.24. The minimum Gasteiger partial charge on any atom is -0.497 e. The van der Waals surface area contributed by atoms with E-state index in [1.807, 2.05) is 0 Å². The van der Waals surface area contributed by atoms with Gasteiger partial charge in [-0.2, -0.15) is 5.10 Å². The number of hydrazone groups is 1. The highest BCUT2D eigenvalue weighted by Gasteiger charge is 2.23. The zero-order valence-electron chi connectivity index (χ0n) is 11.6. The van der Waals surface area contributed by atoms with Crippen LogP contribution < -0.4 is 10.2 Å². The van der Waals surface area contributed by atoms with Crippen molar-refractivity contribution in [2.45, 2.75) is 6.92 Å². The average molecular weight is 359 g/mol. The molecule has 0 radical (unpaired) electrons. The molecular weight excluding hydrogens is 344 g/mol. The average Bonchev–Trinajstić information content (AvgIpc) is 2.48. The third-order valence-corrected chi connectivity index (χ3v) is 2.46. The van der Waals surface area contributed by atoms with Crippen LogP contribution in [0.25, 0.3) is 0 Å². The Morgan fingerprint density at radius 1 is 1.19 bits per heavy atom. The molecule has 0 saturated heterocycles. The fourth-order valence-corrected chi connectivity index (χ4v) is 1.49. The second-order valence-corrected chi connectivity index (χ2v) is 4.02. The lowest BCUT2D eigenvalue weighted by Gasteiger charge is -2.06. The highest BCUT2D eigenvalue weighted by molar-refractivity contribution is 9.09. The van der Waals surface area contributed by atoms with Crippen LogP contribution in [0.2, 0.25) is 0 Å². The molecule has 1 aromatic rings. The summed E-state index contributed by atoms with van der Waals surface area (Å²) in [6.07, 6.45) is 0. The number of carbonyl (C=O) groups is 2. The molecule has 0 atom stereocenters. The number of nitrogens with zero attached hydrogens (tertiary/aromatic N) is 1. The van der Waals surface area contributed by atoms with Crippen molar-refractivity contribution in [3.8, 4) is 5.75 Å². The topological polar surface area (TPSA) is 86.2 Å². The molecule has 0 bridgehead atoms. The second kappa shape index (κ2) is 8.96. The summed E-state index contributed by atoms with van der Waals surface area (Å²) < 4.78 is 14.5. The maximum absolute atomic E-state index is 11.7. The normalized spacial score (nSPS) is 10.7. The van der Waals surface area contributed by atoms with Crippen molar-refractivity contribution in [3.63, 3.8) is 0 Å². The number of esters is 2. The summed E-state index contributed by atoms with van der Waals surface area (Å²) in [4.78, 5) is 23.3. The van der Waals surface area contributed by atoms with Gasteiger partial charge in [0.2, 0.25) is 0 Å². The van der Waals surface area contributed by atoms with Gasteiger partial charge in [-0.15, -0.1) is 0 Å². The summed E-state index contributed by atoms with van der Waals surface area (Å²) in [5, 5.41) is 3.74. The van der Waals surface area contributed by atoms with Gasteiger partial charge in [-0.05, 0) is 47.1 Å². The zero-order valence-corrected chi connectivity index (χ0v) is 13.2. The molecule has 0 aliphatic rings.